The maximum atomic E-state index is 12.4. The lowest BCUT2D eigenvalue weighted by Crippen LogP contribution is -2.62. The van der Waals surface area contributed by atoms with Crippen LogP contribution in [0.1, 0.15) is 46.0 Å². The average molecular weight is 240 g/mol. The molecule has 0 bridgehead atoms. The van der Waals surface area contributed by atoms with Crippen LogP contribution in [0.15, 0.2) is 0 Å². The average Bonchev–Trinajstić information content (AvgIpc) is 2.26. The van der Waals surface area contributed by atoms with Crippen molar-refractivity contribution < 1.29 is 9.53 Å². The van der Waals surface area contributed by atoms with Crippen molar-refractivity contribution in [3.8, 4) is 0 Å². The number of amides is 1. The monoisotopic (exact) mass is 240 g/mol. The van der Waals surface area contributed by atoms with E-state index in [2.05, 4.69) is 6.92 Å². The van der Waals surface area contributed by atoms with E-state index >= 15 is 0 Å². The maximum absolute atomic E-state index is 12.4. The predicted octanol–water partition coefficient (Wildman–Crippen LogP) is 1.29. The van der Waals surface area contributed by atoms with Crippen LogP contribution in [0.25, 0.3) is 0 Å². The second-order valence-corrected chi connectivity index (χ2v) is 5.78. The summed E-state index contributed by atoms with van der Waals surface area (Å²) in [6.45, 7) is 6.00. The zero-order valence-corrected chi connectivity index (χ0v) is 11.0. The summed E-state index contributed by atoms with van der Waals surface area (Å²) in [4.78, 5) is 14.3. The molecule has 4 nitrogen and oxygen atoms in total. The van der Waals surface area contributed by atoms with Gasteiger partial charge in [0.1, 0.15) is 0 Å². The number of carbonyl (C=O) groups excluding carboxylic acids is 1. The molecule has 0 aromatic heterocycles. The van der Waals surface area contributed by atoms with Gasteiger partial charge < -0.3 is 15.4 Å². The number of ether oxygens (including phenoxy) is 1. The molecular weight excluding hydrogens is 216 g/mol. The van der Waals surface area contributed by atoms with Gasteiger partial charge in [-0.15, -0.1) is 0 Å². The summed E-state index contributed by atoms with van der Waals surface area (Å²) in [5.41, 5.74) is 5.37. The summed E-state index contributed by atoms with van der Waals surface area (Å²) in [6.07, 6.45) is 5.08. The SMILES string of the molecule is CCCC(C)(N)C(=O)N1CCOC2(CCC2)C1. The Bertz CT molecular complexity index is 298. The Labute approximate surface area is 103 Å². The van der Waals surface area contributed by atoms with E-state index in [-0.39, 0.29) is 11.5 Å². The number of morpholine rings is 1. The molecule has 0 aromatic carbocycles. The van der Waals surface area contributed by atoms with E-state index < -0.39 is 5.54 Å². The van der Waals surface area contributed by atoms with Crippen molar-refractivity contribution in [3.63, 3.8) is 0 Å². The van der Waals surface area contributed by atoms with Crippen molar-refractivity contribution >= 4 is 5.91 Å². The molecule has 1 saturated heterocycles. The van der Waals surface area contributed by atoms with Crippen LogP contribution in [0.3, 0.4) is 0 Å². The quantitative estimate of drug-likeness (QED) is 0.808. The topological polar surface area (TPSA) is 55.6 Å². The molecule has 98 valence electrons. The Kier molecular flexibility index (Phi) is 3.46. The summed E-state index contributed by atoms with van der Waals surface area (Å²) in [5, 5.41) is 0. The van der Waals surface area contributed by atoms with Crippen molar-refractivity contribution in [2.24, 2.45) is 5.73 Å². The second kappa shape index (κ2) is 4.58. The summed E-state index contributed by atoms with van der Waals surface area (Å²) in [6, 6.07) is 0. The minimum absolute atomic E-state index is 0.0315. The van der Waals surface area contributed by atoms with E-state index in [1.54, 1.807) is 0 Å². The summed E-state index contributed by atoms with van der Waals surface area (Å²) >= 11 is 0. The molecule has 1 spiro atoms. The highest BCUT2D eigenvalue weighted by Gasteiger charge is 2.45. The van der Waals surface area contributed by atoms with Crippen LogP contribution in [0.5, 0.6) is 0 Å². The van der Waals surface area contributed by atoms with Gasteiger partial charge in [-0.1, -0.05) is 13.3 Å². The van der Waals surface area contributed by atoms with Crippen LogP contribution in [0.2, 0.25) is 0 Å². The molecule has 1 aliphatic carbocycles. The lowest BCUT2D eigenvalue weighted by molar-refractivity contribution is -0.171. The summed E-state index contributed by atoms with van der Waals surface area (Å²) in [7, 11) is 0. The second-order valence-electron chi connectivity index (χ2n) is 5.78. The third kappa shape index (κ3) is 2.47. The molecule has 2 fully saturated rings. The van der Waals surface area contributed by atoms with Crippen LogP contribution in [-0.2, 0) is 9.53 Å². The number of nitrogens with two attached hydrogens (primary N) is 1. The minimum Gasteiger partial charge on any atom is -0.371 e. The lowest BCUT2D eigenvalue weighted by Gasteiger charge is -2.49. The molecule has 2 aliphatic rings. The molecule has 1 atom stereocenters. The molecule has 1 aliphatic heterocycles. The predicted molar refractivity (Wildman–Crippen MR) is 66.6 cm³/mol. The Morgan fingerprint density at radius 1 is 1.53 bits per heavy atom. The van der Waals surface area contributed by atoms with Crippen LogP contribution in [0, 0.1) is 0 Å². The minimum atomic E-state index is -0.711. The van der Waals surface area contributed by atoms with Gasteiger partial charge in [-0.05, 0) is 32.6 Å². The number of nitrogens with zero attached hydrogens (tertiary/aromatic N) is 1. The van der Waals surface area contributed by atoms with E-state index in [1.165, 1.54) is 6.42 Å². The first-order chi connectivity index (χ1) is 7.99. The van der Waals surface area contributed by atoms with Gasteiger partial charge in [0.15, 0.2) is 0 Å². The molecule has 0 radical (unpaired) electrons. The zero-order valence-electron chi connectivity index (χ0n) is 11.0. The smallest absolute Gasteiger partial charge is 0.242 e. The van der Waals surface area contributed by atoms with Crippen LogP contribution >= 0.6 is 0 Å². The highest BCUT2D eigenvalue weighted by Crippen LogP contribution is 2.38. The number of hydrogen-bond acceptors (Lipinski definition) is 3. The maximum Gasteiger partial charge on any atom is 0.242 e. The molecule has 1 amide bonds. The van der Waals surface area contributed by atoms with Gasteiger partial charge in [-0.25, -0.2) is 0 Å². The van der Waals surface area contributed by atoms with Crippen molar-refractivity contribution in [1.82, 2.24) is 4.90 Å². The Balaban J connectivity index is 1.99. The van der Waals surface area contributed by atoms with Gasteiger partial charge in [0.2, 0.25) is 5.91 Å². The van der Waals surface area contributed by atoms with Gasteiger partial charge in [0.05, 0.1) is 17.7 Å². The molecular formula is C13H24N2O2. The van der Waals surface area contributed by atoms with Crippen LogP contribution in [-0.4, -0.2) is 41.6 Å². The van der Waals surface area contributed by atoms with Gasteiger partial charge in [0.25, 0.3) is 0 Å². The number of carbonyl (C=O) groups is 1. The highest BCUT2D eigenvalue weighted by molar-refractivity contribution is 5.85. The van der Waals surface area contributed by atoms with Crippen molar-refractivity contribution in [2.75, 3.05) is 19.7 Å². The zero-order chi connectivity index (χ0) is 12.5. The van der Waals surface area contributed by atoms with E-state index in [9.17, 15) is 4.79 Å². The van der Waals surface area contributed by atoms with E-state index in [1.807, 2.05) is 11.8 Å². The van der Waals surface area contributed by atoms with Crippen molar-refractivity contribution in [1.29, 1.82) is 0 Å². The largest absolute Gasteiger partial charge is 0.371 e. The van der Waals surface area contributed by atoms with Crippen molar-refractivity contribution in [3.05, 3.63) is 0 Å². The number of hydrogen-bond donors (Lipinski definition) is 1. The van der Waals surface area contributed by atoms with E-state index in [0.717, 1.165) is 32.2 Å². The van der Waals surface area contributed by atoms with Gasteiger partial charge >= 0.3 is 0 Å². The van der Waals surface area contributed by atoms with Gasteiger partial charge in [-0.3, -0.25) is 4.79 Å². The van der Waals surface area contributed by atoms with E-state index in [0.29, 0.717) is 13.2 Å². The normalized spacial score (nSPS) is 26.4. The molecule has 0 aromatic rings. The first kappa shape index (κ1) is 12.8. The summed E-state index contributed by atoms with van der Waals surface area (Å²) < 4.78 is 5.82. The highest BCUT2D eigenvalue weighted by atomic mass is 16.5. The molecule has 1 unspecified atom stereocenters. The lowest BCUT2D eigenvalue weighted by atomic mass is 9.78. The van der Waals surface area contributed by atoms with Crippen LogP contribution in [0.4, 0.5) is 0 Å². The number of rotatable bonds is 3. The molecule has 1 heterocycles. The fourth-order valence-electron chi connectivity index (χ4n) is 2.88. The van der Waals surface area contributed by atoms with Crippen LogP contribution < -0.4 is 5.73 Å². The van der Waals surface area contributed by atoms with Gasteiger partial charge in [0, 0.05) is 13.1 Å². The third-order valence-corrected chi connectivity index (χ3v) is 4.06. The first-order valence-electron chi connectivity index (χ1n) is 6.71. The fourth-order valence-corrected chi connectivity index (χ4v) is 2.88. The molecule has 17 heavy (non-hydrogen) atoms. The molecule has 2 N–H and O–H groups in total. The molecule has 4 heteroatoms. The fraction of sp³-hybridized carbons (Fsp3) is 0.923. The summed E-state index contributed by atoms with van der Waals surface area (Å²) in [5.74, 6) is 0.0916. The van der Waals surface area contributed by atoms with E-state index in [4.69, 9.17) is 10.5 Å². The molecule has 1 saturated carbocycles. The first-order valence-corrected chi connectivity index (χ1v) is 6.71. The Hall–Kier alpha value is -0.610. The Morgan fingerprint density at radius 2 is 2.24 bits per heavy atom. The third-order valence-electron chi connectivity index (χ3n) is 4.06. The Morgan fingerprint density at radius 3 is 2.76 bits per heavy atom. The molecule has 2 rings (SSSR count). The van der Waals surface area contributed by atoms with Gasteiger partial charge in [-0.2, -0.15) is 0 Å². The van der Waals surface area contributed by atoms with Crippen molar-refractivity contribution in [2.45, 2.75) is 57.1 Å². The standard InChI is InChI=1S/C13H24N2O2/c1-3-5-12(2,14)11(16)15-8-9-17-13(10-15)6-4-7-13/h3-10,14H2,1-2H3.